The molecule has 4 rings (SSSR count). The summed E-state index contributed by atoms with van der Waals surface area (Å²) in [6.45, 7) is 7.30. The molecule has 2 aromatic rings. The fourth-order valence-corrected chi connectivity index (χ4v) is 3.98. The number of nitrogens with zero attached hydrogens (tertiary/aromatic N) is 3. The number of hydrogen-bond donors (Lipinski definition) is 2. The van der Waals surface area contributed by atoms with E-state index in [1.165, 1.54) is 5.56 Å². The van der Waals surface area contributed by atoms with E-state index in [2.05, 4.69) is 10.2 Å². The second kappa shape index (κ2) is 9.32. The zero-order chi connectivity index (χ0) is 21.8. The third-order valence-electron chi connectivity index (χ3n) is 6.04. The number of nitrogens with one attached hydrogen (secondary N) is 1. The van der Waals surface area contributed by atoms with Crippen molar-refractivity contribution in [1.29, 1.82) is 0 Å². The molecule has 31 heavy (non-hydrogen) atoms. The molecule has 1 amide bonds. The van der Waals surface area contributed by atoms with Gasteiger partial charge in [0.2, 0.25) is 5.95 Å². The van der Waals surface area contributed by atoms with Crippen LogP contribution in [0.4, 0.5) is 5.95 Å². The number of aliphatic hydroxyl groups excluding tert-OH is 1. The Hall–Kier alpha value is -2.51. The van der Waals surface area contributed by atoms with Crippen LogP contribution in [0.1, 0.15) is 48.3 Å². The molecule has 1 saturated heterocycles. The summed E-state index contributed by atoms with van der Waals surface area (Å²) in [6, 6.07) is 7.66. The van der Waals surface area contributed by atoms with Gasteiger partial charge in [-0.3, -0.25) is 4.79 Å². The first-order valence-corrected chi connectivity index (χ1v) is 11.2. The number of aliphatic hydroxyl groups is 1. The minimum absolute atomic E-state index is 0.0243. The Balaban J connectivity index is 1.59. The van der Waals surface area contributed by atoms with Crippen LogP contribution in [-0.4, -0.2) is 60.4 Å². The lowest BCUT2D eigenvalue weighted by molar-refractivity contribution is 0.0911. The lowest BCUT2D eigenvalue weighted by Crippen LogP contribution is -2.37. The number of ether oxygens (including phenoxy) is 1. The average molecular weight is 425 g/mol. The number of rotatable bonds is 6. The van der Waals surface area contributed by atoms with Crippen LogP contribution in [0.3, 0.4) is 0 Å². The van der Waals surface area contributed by atoms with Gasteiger partial charge in [0, 0.05) is 54.0 Å². The molecule has 1 aliphatic heterocycles. The summed E-state index contributed by atoms with van der Waals surface area (Å²) in [5, 5.41) is 12.3. The minimum Gasteiger partial charge on any atom is -0.396 e. The maximum Gasteiger partial charge on any atom is 0.251 e. The Labute approximate surface area is 183 Å². The summed E-state index contributed by atoms with van der Waals surface area (Å²) in [6.07, 6.45) is 4.30. The first-order chi connectivity index (χ1) is 15.0. The van der Waals surface area contributed by atoms with Crippen molar-refractivity contribution in [3.05, 3.63) is 41.1 Å². The molecule has 0 spiro atoms. The van der Waals surface area contributed by atoms with Gasteiger partial charge in [0.05, 0.1) is 18.9 Å². The Morgan fingerprint density at radius 3 is 2.55 bits per heavy atom. The third-order valence-corrected chi connectivity index (χ3v) is 6.04. The van der Waals surface area contributed by atoms with Gasteiger partial charge in [0.15, 0.2) is 0 Å². The zero-order valence-electron chi connectivity index (χ0n) is 18.5. The van der Waals surface area contributed by atoms with Gasteiger partial charge in [0.25, 0.3) is 5.91 Å². The molecule has 2 heterocycles. The van der Waals surface area contributed by atoms with Crippen LogP contribution in [0.5, 0.6) is 0 Å². The summed E-state index contributed by atoms with van der Waals surface area (Å²) in [5.74, 6) is 0.652. The number of carbonyl (C=O) groups is 1. The second-order valence-corrected chi connectivity index (χ2v) is 9.19. The smallest absolute Gasteiger partial charge is 0.251 e. The summed E-state index contributed by atoms with van der Waals surface area (Å²) in [7, 11) is 0. The average Bonchev–Trinajstić information content (AvgIpc) is 2.82. The van der Waals surface area contributed by atoms with Gasteiger partial charge in [0.1, 0.15) is 0 Å². The topological polar surface area (TPSA) is 87.6 Å². The number of hydrogen-bond acceptors (Lipinski definition) is 6. The largest absolute Gasteiger partial charge is 0.396 e. The van der Waals surface area contributed by atoms with Crippen molar-refractivity contribution in [1.82, 2.24) is 15.3 Å². The highest BCUT2D eigenvalue weighted by Crippen LogP contribution is 2.31. The van der Waals surface area contributed by atoms with Crippen LogP contribution in [0.15, 0.2) is 24.3 Å². The van der Waals surface area contributed by atoms with Crippen molar-refractivity contribution in [3.8, 4) is 11.3 Å². The van der Waals surface area contributed by atoms with Crippen LogP contribution in [0.2, 0.25) is 0 Å². The molecule has 0 bridgehead atoms. The molecule has 1 fully saturated rings. The Morgan fingerprint density at radius 1 is 1.13 bits per heavy atom. The van der Waals surface area contributed by atoms with Crippen molar-refractivity contribution in [3.63, 3.8) is 0 Å². The lowest BCUT2D eigenvalue weighted by atomic mass is 9.92. The number of anilines is 1. The van der Waals surface area contributed by atoms with Gasteiger partial charge >= 0.3 is 0 Å². The molecular weight excluding hydrogens is 392 g/mol. The standard InChI is InChI=1S/C24H32N4O3/c1-24(2,16-29)15-25-22(30)18-9-7-17(8-10-18)21-19-5-3-4-6-20(19)26-23(27-21)28-11-13-31-14-12-28/h7-10,29H,3-6,11-16H2,1-2H3,(H,25,30). The van der Waals surface area contributed by atoms with Gasteiger partial charge in [-0.2, -0.15) is 0 Å². The third kappa shape index (κ3) is 5.05. The fraction of sp³-hybridized carbons (Fsp3) is 0.542. The van der Waals surface area contributed by atoms with Crippen LogP contribution < -0.4 is 10.2 Å². The van der Waals surface area contributed by atoms with Crippen molar-refractivity contribution >= 4 is 11.9 Å². The molecule has 2 aliphatic rings. The number of carbonyl (C=O) groups excluding carboxylic acids is 1. The molecule has 1 aromatic heterocycles. The van der Waals surface area contributed by atoms with Crippen molar-refractivity contribution < 1.29 is 14.6 Å². The zero-order valence-corrected chi connectivity index (χ0v) is 18.5. The number of aromatic nitrogens is 2. The lowest BCUT2D eigenvalue weighted by Gasteiger charge is -2.29. The highest BCUT2D eigenvalue weighted by atomic mass is 16.5. The molecule has 166 valence electrons. The molecule has 7 nitrogen and oxygen atoms in total. The van der Waals surface area contributed by atoms with E-state index in [4.69, 9.17) is 14.7 Å². The molecule has 1 aliphatic carbocycles. The van der Waals surface area contributed by atoms with E-state index in [1.807, 2.05) is 38.1 Å². The predicted octanol–water partition coefficient (Wildman–Crippen LogP) is 2.61. The molecule has 7 heteroatoms. The SMILES string of the molecule is CC(C)(CO)CNC(=O)c1ccc(-c2nc(N3CCOCC3)nc3c2CCCC3)cc1. The molecular formula is C24H32N4O3. The monoisotopic (exact) mass is 424 g/mol. The van der Waals surface area contributed by atoms with Crippen molar-refractivity contribution in [2.45, 2.75) is 39.5 Å². The van der Waals surface area contributed by atoms with Crippen LogP contribution in [-0.2, 0) is 17.6 Å². The van der Waals surface area contributed by atoms with E-state index in [9.17, 15) is 9.90 Å². The molecule has 0 saturated carbocycles. The number of aryl methyl sites for hydroxylation is 1. The normalized spacial score (nSPS) is 16.7. The number of morpholine rings is 1. The van der Waals surface area contributed by atoms with E-state index >= 15 is 0 Å². The summed E-state index contributed by atoms with van der Waals surface area (Å²) in [5.41, 5.74) is 4.66. The molecule has 1 aromatic carbocycles. The second-order valence-electron chi connectivity index (χ2n) is 9.19. The first-order valence-electron chi connectivity index (χ1n) is 11.2. The molecule has 2 N–H and O–H groups in total. The van der Waals surface area contributed by atoms with Crippen molar-refractivity contribution in [2.24, 2.45) is 5.41 Å². The number of benzene rings is 1. The Morgan fingerprint density at radius 2 is 1.84 bits per heavy atom. The van der Waals surface area contributed by atoms with Crippen molar-refractivity contribution in [2.75, 3.05) is 44.4 Å². The van der Waals surface area contributed by atoms with Crippen LogP contribution in [0.25, 0.3) is 11.3 Å². The molecule has 0 atom stereocenters. The summed E-state index contributed by atoms with van der Waals surface area (Å²) >= 11 is 0. The first kappa shape index (κ1) is 21.7. The van der Waals surface area contributed by atoms with E-state index in [0.29, 0.717) is 25.3 Å². The highest BCUT2D eigenvalue weighted by molar-refractivity contribution is 5.94. The summed E-state index contributed by atoms with van der Waals surface area (Å²) < 4.78 is 5.48. The highest BCUT2D eigenvalue weighted by Gasteiger charge is 2.23. The van der Waals surface area contributed by atoms with E-state index in [-0.39, 0.29) is 17.9 Å². The van der Waals surface area contributed by atoms with E-state index in [0.717, 1.165) is 61.7 Å². The van der Waals surface area contributed by atoms with Gasteiger partial charge < -0.3 is 20.1 Å². The Kier molecular flexibility index (Phi) is 6.53. The quantitative estimate of drug-likeness (QED) is 0.741. The summed E-state index contributed by atoms with van der Waals surface area (Å²) in [4.78, 5) is 24.6. The molecule has 0 unspecified atom stereocenters. The number of fused-ring (bicyclic) bond motifs is 1. The van der Waals surface area contributed by atoms with Crippen LogP contribution >= 0.6 is 0 Å². The minimum atomic E-state index is -0.342. The molecule has 0 radical (unpaired) electrons. The van der Waals surface area contributed by atoms with Gasteiger partial charge in [-0.1, -0.05) is 26.0 Å². The maximum absolute atomic E-state index is 12.5. The van der Waals surface area contributed by atoms with Gasteiger partial charge in [-0.05, 0) is 37.8 Å². The fourth-order valence-electron chi connectivity index (χ4n) is 3.98. The van der Waals surface area contributed by atoms with Crippen LogP contribution in [0, 0.1) is 5.41 Å². The Bertz CT molecular complexity index is 921. The van der Waals surface area contributed by atoms with Gasteiger partial charge in [-0.25, -0.2) is 9.97 Å². The number of amides is 1. The van der Waals surface area contributed by atoms with E-state index in [1.54, 1.807) is 0 Å². The van der Waals surface area contributed by atoms with Gasteiger partial charge in [-0.15, -0.1) is 0 Å². The maximum atomic E-state index is 12.5. The van der Waals surface area contributed by atoms with E-state index < -0.39 is 0 Å². The predicted molar refractivity (Wildman–Crippen MR) is 120 cm³/mol.